The predicted octanol–water partition coefficient (Wildman–Crippen LogP) is 2.70. The Kier molecular flexibility index (Phi) is 6.11. The fourth-order valence-electron chi connectivity index (χ4n) is 5.67. The van der Waals surface area contributed by atoms with Crippen LogP contribution in [0, 0.1) is 12.7 Å². The summed E-state index contributed by atoms with van der Waals surface area (Å²) in [6.45, 7) is 2.17. The van der Waals surface area contributed by atoms with Crippen molar-refractivity contribution in [3.63, 3.8) is 0 Å². The monoisotopic (exact) mass is 582 g/mol. The number of halogens is 1. The van der Waals surface area contributed by atoms with Gasteiger partial charge < -0.3 is 20.5 Å². The van der Waals surface area contributed by atoms with Crippen molar-refractivity contribution >= 4 is 23.4 Å². The van der Waals surface area contributed by atoms with Crippen molar-refractivity contribution in [1.29, 1.82) is 0 Å². The normalized spacial score (nSPS) is 14.9. The first-order chi connectivity index (χ1) is 20.8. The Hall–Kier alpha value is -5.66. The van der Waals surface area contributed by atoms with Gasteiger partial charge in [-0.3, -0.25) is 14.2 Å². The number of benzene rings is 2. The van der Waals surface area contributed by atoms with Crippen LogP contribution in [0.25, 0.3) is 11.3 Å². The maximum atomic E-state index is 14.6. The van der Waals surface area contributed by atoms with E-state index in [9.17, 15) is 23.9 Å². The molecule has 0 saturated heterocycles. The van der Waals surface area contributed by atoms with E-state index in [-0.39, 0.29) is 29.1 Å². The quantitative estimate of drug-likeness (QED) is 0.273. The molecule has 0 saturated carbocycles. The summed E-state index contributed by atoms with van der Waals surface area (Å²) in [7, 11) is 0. The summed E-state index contributed by atoms with van der Waals surface area (Å²) in [4.78, 5) is 42.3. The van der Waals surface area contributed by atoms with E-state index in [1.807, 2.05) is 10.6 Å². The number of nitrogens with one attached hydrogen (secondary N) is 2. The Bertz CT molecular complexity index is 1980. The lowest BCUT2D eigenvalue weighted by Gasteiger charge is -2.19. The number of amides is 2. The van der Waals surface area contributed by atoms with Crippen LogP contribution in [0.4, 0.5) is 4.39 Å². The topological polar surface area (TPSA) is 166 Å². The van der Waals surface area contributed by atoms with E-state index in [1.165, 1.54) is 12.1 Å². The molecule has 0 bridgehead atoms. The first-order valence-electron chi connectivity index (χ1n) is 13.4. The van der Waals surface area contributed by atoms with Gasteiger partial charge in [-0.05, 0) is 60.2 Å². The zero-order chi connectivity index (χ0) is 29.8. The van der Waals surface area contributed by atoms with Gasteiger partial charge in [-0.1, -0.05) is 12.1 Å². The second kappa shape index (κ2) is 10.0. The molecule has 0 unspecified atom stereocenters. The average Bonchev–Trinajstić information content (AvgIpc) is 3.74. The van der Waals surface area contributed by atoms with Crippen molar-refractivity contribution < 1.29 is 28.6 Å². The van der Waals surface area contributed by atoms with Crippen LogP contribution in [0.1, 0.15) is 71.9 Å². The Morgan fingerprint density at radius 2 is 2.02 bits per heavy atom. The average molecular weight is 583 g/mol. The Labute approximate surface area is 242 Å². The van der Waals surface area contributed by atoms with Crippen LogP contribution >= 0.6 is 0 Å². The van der Waals surface area contributed by atoms with Gasteiger partial charge in [0.05, 0.1) is 23.5 Å². The fraction of sp³-hybridized carbons (Fsp3) is 0.207. The summed E-state index contributed by atoms with van der Waals surface area (Å²) in [5.41, 5.74) is 3.58. The molecule has 0 fully saturated rings. The molecule has 0 radical (unpaired) electrons. The van der Waals surface area contributed by atoms with Crippen LogP contribution < -0.4 is 15.4 Å². The lowest BCUT2D eigenvalue weighted by molar-refractivity contribution is 0.0695. The molecule has 13 nitrogen and oxygen atoms in total. The SMILES string of the molecule is Cc1c(C(=O)O)ccc2c1CC[C@@H]2NC(=O)c1cc(C(=O)NCc2ccc3c(c2)-n2cnnc2CO3)nc2c(F)cnn12. The number of ether oxygens (including phenoxy) is 1. The van der Waals surface area contributed by atoms with Gasteiger partial charge in [0, 0.05) is 12.6 Å². The lowest BCUT2D eigenvalue weighted by atomic mass is 9.98. The number of hydrogen-bond donors (Lipinski definition) is 3. The molecule has 2 aromatic carbocycles. The van der Waals surface area contributed by atoms with E-state index in [0.717, 1.165) is 33.1 Å². The molecule has 1 aliphatic heterocycles. The van der Waals surface area contributed by atoms with Crippen LogP contribution in [0.2, 0.25) is 0 Å². The number of aromatic nitrogens is 6. The minimum atomic E-state index is -1.01. The van der Waals surface area contributed by atoms with Gasteiger partial charge in [0.25, 0.3) is 11.8 Å². The number of aromatic carboxylic acids is 1. The lowest BCUT2D eigenvalue weighted by Crippen LogP contribution is -2.30. The number of rotatable bonds is 6. The Balaban J connectivity index is 1.13. The summed E-state index contributed by atoms with van der Waals surface area (Å²) < 4.78 is 23.2. The molecule has 14 heteroatoms. The van der Waals surface area contributed by atoms with Crippen LogP contribution in [0.15, 0.2) is 48.9 Å². The fourth-order valence-corrected chi connectivity index (χ4v) is 5.67. The molecule has 1 aliphatic carbocycles. The van der Waals surface area contributed by atoms with Gasteiger partial charge in [0.15, 0.2) is 17.3 Å². The zero-order valence-corrected chi connectivity index (χ0v) is 22.7. The number of hydrogen-bond acceptors (Lipinski definition) is 8. The summed E-state index contributed by atoms with van der Waals surface area (Å²) in [6, 6.07) is 9.54. The van der Waals surface area contributed by atoms with E-state index in [0.29, 0.717) is 36.6 Å². The zero-order valence-electron chi connectivity index (χ0n) is 22.7. The minimum Gasteiger partial charge on any atom is -0.483 e. The minimum absolute atomic E-state index is 0.0718. The molecule has 2 aliphatic rings. The highest BCUT2D eigenvalue weighted by molar-refractivity contribution is 5.98. The van der Waals surface area contributed by atoms with Crippen LogP contribution in [0.5, 0.6) is 5.75 Å². The summed E-state index contributed by atoms with van der Waals surface area (Å²) in [5, 5.41) is 27.0. The molecule has 7 rings (SSSR count). The molecule has 216 valence electrons. The number of carboxylic acid groups (broad SMARTS) is 1. The third kappa shape index (κ3) is 4.43. The number of fused-ring (bicyclic) bond motifs is 5. The van der Waals surface area contributed by atoms with Crippen molar-refractivity contribution in [3.05, 3.63) is 99.8 Å². The van der Waals surface area contributed by atoms with Crippen molar-refractivity contribution in [2.45, 2.75) is 39.0 Å². The number of carbonyl (C=O) groups excluding carboxylic acids is 2. The van der Waals surface area contributed by atoms with Gasteiger partial charge in [0.1, 0.15) is 30.1 Å². The van der Waals surface area contributed by atoms with Gasteiger partial charge in [-0.2, -0.15) is 5.10 Å². The van der Waals surface area contributed by atoms with Gasteiger partial charge >= 0.3 is 5.97 Å². The number of carboxylic acids is 1. The molecule has 5 aromatic rings. The second-order valence-electron chi connectivity index (χ2n) is 10.3. The molecule has 3 N–H and O–H groups in total. The largest absolute Gasteiger partial charge is 0.483 e. The molecular weight excluding hydrogens is 559 g/mol. The first kappa shape index (κ1) is 26.3. The van der Waals surface area contributed by atoms with Crippen molar-refractivity contribution in [2.75, 3.05) is 0 Å². The third-order valence-corrected chi connectivity index (χ3v) is 7.83. The van der Waals surface area contributed by atoms with Crippen molar-refractivity contribution in [1.82, 2.24) is 40.0 Å². The van der Waals surface area contributed by atoms with E-state index in [1.54, 1.807) is 31.5 Å². The maximum Gasteiger partial charge on any atom is 0.335 e. The molecule has 2 amide bonds. The third-order valence-electron chi connectivity index (χ3n) is 7.83. The highest BCUT2D eigenvalue weighted by Gasteiger charge is 2.29. The summed E-state index contributed by atoms with van der Waals surface area (Å²) in [6.07, 6.45) is 3.67. The van der Waals surface area contributed by atoms with Crippen LogP contribution in [-0.2, 0) is 19.6 Å². The molecule has 43 heavy (non-hydrogen) atoms. The second-order valence-corrected chi connectivity index (χ2v) is 10.3. The van der Waals surface area contributed by atoms with E-state index >= 15 is 0 Å². The Morgan fingerprint density at radius 3 is 2.86 bits per heavy atom. The van der Waals surface area contributed by atoms with Crippen LogP contribution in [0.3, 0.4) is 0 Å². The first-order valence-corrected chi connectivity index (χ1v) is 13.4. The molecule has 0 spiro atoms. The standard InChI is InChI=1S/C29H23FN8O5/c1-14-16-5-6-20(18(16)4-3-17(14)29(41)42)35-28(40)23-9-21(34-26-19(30)11-33-38(23)26)27(39)31-10-15-2-7-24-22(8-15)37-13-32-36-25(37)12-43-24/h2-4,7-9,11,13,20H,5-6,10,12H2,1H3,(H,31,39)(H,35,40)(H,41,42)/t20-/m0/s1. The summed E-state index contributed by atoms with van der Waals surface area (Å²) in [5.74, 6) is -1.68. The van der Waals surface area contributed by atoms with E-state index < -0.39 is 29.6 Å². The Morgan fingerprint density at radius 1 is 1.16 bits per heavy atom. The molecular formula is C29H23FN8O5. The molecule has 4 heterocycles. The highest BCUT2D eigenvalue weighted by Crippen LogP contribution is 2.35. The molecule has 3 aromatic heterocycles. The summed E-state index contributed by atoms with van der Waals surface area (Å²) >= 11 is 0. The highest BCUT2D eigenvalue weighted by atomic mass is 19.1. The smallest absolute Gasteiger partial charge is 0.335 e. The predicted molar refractivity (Wildman–Crippen MR) is 146 cm³/mol. The number of nitrogens with zero attached hydrogens (tertiary/aromatic N) is 6. The van der Waals surface area contributed by atoms with E-state index in [4.69, 9.17) is 4.74 Å². The maximum absolute atomic E-state index is 14.6. The van der Waals surface area contributed by atoms with Gasteiger partial charge in [-0.25, -0.2) is 18.7 Å². The van der Waals surface area contributed by atoms with Crippen LogP contribution in [-0.4, -0.2) is 52.3 Å². The number of carbonyl (C=O) groups is 3. The van der Waals surface area contributed by atoms with E-state index in [2.05, 4.69) is 30.9 Å². The van der Waals surface area contributed by atoms with Gasteiger partial charge in [0.2, 0.25) is 0 Å². The van der Waals surface area contributed by atoms with Gasteiger partial charge in [-0.15, -0.1) is 10.2 Å². The molecule has 1 atom stereocenters. The van der Waals surface area contributed by atoms with Crippen molar-refractivity contribution in [3.8, 4) is 11.4 Å². The van der Waals surface area contributed by atoms with Crippen molar-refractivity contribution in [2.24, 2.45) is 0 Å².